The Kier molecular flexibility index (Phi) is 13.6. The summed E-state index contributed by atoms with van der Waals surface area (Å²) in [4.78, 5) is 28.3. The van der Waals surface area contributed by atoms with Gasteiger partial charge in [0.25, 0.3) is 0 Å². The monoisotopic (exact) mass is 1070 g/mol. The van der Waals surface area contributed by atoms with E-state index in [0.717, 1.165) is 63.5 Å². The van der Waals surface area contributed by atoms with Crippen LogP contribution >= 0.6 is 0 Å². The number of aliphatic hydroxyl groups excluding tert-OH is 2. The molecule has 0 bridgehead atoms. The van der Waals surface area contributed by atoms with Gasteiger partial charge in [0.15, 0.2) is 13.1 Å². The minimum absolute atomic E-state index is 0.0755. The lowest BCUT2D eigenvalue weighted by molar-refractivity contribution is -0.939. The number of nitrogens with zero attached hydrogens (tertiary/aromatic N) is 2. The molecular weight excluding hydrogens is 953 g/mol. The van der Waals surface area contributed by atoms with Crippen LogP contribution in [0.1, 0.15) is 204 Å². The number of rotatable bonds is 13. The van der Waals surface area contributed by atoms with Crippen molar-refractivity contribution in [2.45, 2.75) is 216 Å². The quantitative estimate of drug-likeness (QED) is 0.108. The lowest BCUT2D eigenvalue weighted by atomic mass is 9.32. The number of esters is 2. The zero-order valence-corrected chi connectivity index (χ0v) is 51.9. The van der Waals surface area contributed by atoms with E-state index < -0.39 is 0 Å². The van der Waals surface area contributed by atoms with E-state index in [2.05, 4.69) is 111 Å². The van der Waals surface area contributed by atoms with Gasteiger partial charge in [-0.25, -0.2) is 9.59 Å². The van der Waals surface area contributed by atoms with Crippen LogP contribution in [0.3, 0.4) is 0 Å². The van der Waals surface area contributed by atoms with E-state index in [0.29, 0.717) is 93.4 Å². The predicted molar refractivity (Wildman–Crippen MR) is 309 cm³/mol. The van der Waals surface area contributed by atoms with Crippen LogP contribution in [-0.4, -0.2) is 111 Å². The number of hydrogen-bond donors (Lipinski definition) is 2. The van der Waals surface area contributed by atoms with Crippen LogP contribution in [0.4, 0.5) is 0 Å². The minimum atomic E-state index is -0.119. The van der Waals surface area contributed by atoms with Gasteiger partial charge >= 0.3 is 11.9 Å². The SMILES string of the molecule is C=C(C)[C@@H]1CC[C@@]2(CO)CC[C@@]34C[C@]35CCC3C(C)(C)[C@@H](OC(=O)C[N+](C)(C)CC[N+](C)(C)CC(=O)O[C@H]6CC[C@@]7(C)C(CC[C@]8(C)C7CCC7C9[C@H](C(=C)C)CC[C@@]9(CO)CC[C@]78C)C6(C)C)CC[C@]3(C)C5CCC4C12. The van der Waals surface area contributed by atoms with Gasteiger partial charge in [0.05, 0.1) is 28.2 Å². The van der Waals surface area contributed by atoms with Gasteiger partial charge in [0.1, 0.15) is 25.3 Å². The van der Waals surface area contributed by atoms with Gasteiger partial charge in [0, 0.05) is 24.0 Å². The lowest BCUT2D eigenvalue weighted by Crippen LogP contribution is -2.67. The summed E-state index contributed by atoms with van der Waals surface area (Å²) in [6.07, 6.45) is 25.2. The van der Waals surface area contributed by atoms with Crippen LogP contribution < -0.4 is 0 Å². The van der Waals surface area contributed by atoms with Crippen LogP contribution in [0.25, 0.3) is 0 Å². The molecular formula is C69H114N2O6+2. The molecule has 0 aromatic heterocycles. The first-order valence-electron chi connectivity index (χ1n) is 32.4. The molecule has 11 rings (SSSR count). The highest BCUT2D eigenvalue weighted by Crippen LogP contribution is 2.89. The second kappa shape index (κ2) is 18.4. The predicted octanol–water partition coefficient (Wildman–Crippen LogP) is 13.6. The highest BCUT2D eigenvalue weighted by molar-refractivity contribution is 5.71. The fraction of sp³-hybridized carbons (Fsp3) is 0.913. The van der Waals surface area contributed by atoms with E-state index in [1.54, 1.807) is 0 Å². The number of fused-ring (bicyclic) bond motifs is 11. The highest BCUT2D eigenvalue weighted by atomic mass is 16.6. The number of hydrogen-bond acceptors (Lipinski definition) is 6. The van der Waals surface area contributed by atoms with Crippen LogP contribution in [0.15, 0.2) is 24.3 Å². The summed E-state index contributed by atoms with van der Waals surface area (Å²) >= 11 is 0. The van der Waals surface area contributed by atoms with Crippen molar-refractivity contribution in [1.82, 2.24) is 0 Å². The fourth-order valence-corrected chi connectivity index (χ4v) is 25.7. The van der Waals surface area contributed by atoms with Crippen molar-refractivity contribution in [2.24, 2.45) is 113 Å². The summed E-state index contributed by atoms with van der Waals surface area (Å²) in [5, 5.41) is 21.9. The Hall–Kier alpha value is -1.74. The Morgan fingerprint density at radius 1 is 0.481 bits per heavy atom. The van der Waals surface area contributed by atoms with Crippen molar-refractivity contribution in [3.8, 4) is 0 Å². The fourth-order valence-electron chi connectivity index (χ4n) is 25.7. The summed E-state index contributed by atoms with van der Waals surface area (Å²) in [6.45, 7) is 36.8. The first-order chi connectivity index (χ1) is 35.8. The highest BCUT2D eigenvalue weighted by Gasteiger charge is 2.82. The van der Waals surface area contributed by atoms with Gasteiger partial charge in [-0.05, 0) is 251 Å². The first-order valence-corrected chi connectivity index (χ1v) is 32.4. The average molecular weight is 1070 g/mol. The molecule has 8 nitrogen and oxygen atoms in total. The molecule has 11 saturated carbocycles. The molecule has 0 radical (unpaired) electrons. The summed E-state index contributed by atoms with van der Waals surface area (Å²) in [6, 6.07) is 0. The number of quaternary nitrogens is 2. The smallest absolute Gasteiger partial charge is 0.362 e. The van der Waals surface area contributed by atoms with Crippen molar-refractivity contribution in [2.75, 3.05) is 67.6 Å². The largest absolute Gasteiger partial charge is 0.458 e. The van der Waals surface area contributed by atoms with Crippen molar-refractivity contribution in [3.63, 3.8) is 0 Å². The lowest BCUT2D eigenvalue weighted by Gasteiger charge is -2.73. The molecule has 11 aliphatic carbocycles. The molecule has 11 aliphatic rings. The second-order valence-corrected chi connectivity index (χ2v) is 34.4. The van der Waals surface area contributed by atoms with Gasteiger partial charge in [-0.3, -0.25) is 0 Å². The molecule has 0 aromatic carbocycles. The first kappa shape index (κ1) is 57.1. The van der Waals surface area contributed by atoms with Crippen molar-refractivity contribution < 1.29 is 38.2 Å². The normalized spacial score (nSPS) is 49.9. The molecule has 0 saturated heterocycles. The minimum Gasteiger partial charge on any atom is -0.458 e. The molecule has 0 heterocycles. The Balaban J connectivity index is 0.676. The maximum atomic E-state index is 14.2. The average Bonchev–Trinajstić information content (AvgIpc) is 3.59. The van der Waals surface area contributed by atoms with Crippen molar-refractivity contribution in [3.05, 3.63) is 24.3 Å². The van der Waals surface area contributed by atoms with Gasteiger partial charge in [-0.2, -0.15) is 0 Å². The number of carbonyl (C=O) groups is 2. The molecule has 434 valence electrons. The molecule has 0 aliphatic heterocycles. The molecule has 2 N–H and O–H groups in total. The summed E-state index contributed by atoms with van der Waals surface area (Å²) in [5.74, 6) is 5.88. The molecule has 11 fully saturated rings. The van der Waals surface area contributed by atoms with Crippen LogP contribution in [0.2, 0.25) is 0 Å². The summed E-state index contributed by atoms with van der Waals surface area (Å²) < 4.78 is 14.4. The Morgan fingerprint density at radius 3 is 1.44 bits per heavy atom. The molecule has 8 unspecified atom stereocenters. The number of carbonyl (C=O) groups excluding carboxylic acids is 2. The van der Waals surface area contributed by atoms with Gasteiger partial charge < -0.3 is 28.7 Å². The van der Waals surface area contributed by atoms with E-state index in [4.69, 9.17) is 9.47 Å². The van der Waals surface area contributed by atoms with E-state index in [1.807, 2.05) is 0 Å². The Bertz CT molecular complexity index is 2370. The van der Waals surface area contributed by atoms with Gasteiger partial charge in [-0.15, -0.1) is 0 Å². The molecule has 77 heavy (non-hydrogen) atoms. The molecule has 0 aromatic rings. The maximum Gasteiger partial charge on any atom is 0.362 e. The molecule has 20 atom stereocenters. The van der Waals surface area contributed by atoms with E-state index in [1.165, 1.54) is 107 Å². The number of allylic oxidation sites excluding steroid dienone is 2. The second-order valence-electron chi connectivity index (χ2n) is 34.4. The van der Waals surface area contributed by atoms with Crippen molar-refractivity contribution in [1.29, 1.82) is 0 Å². The standard InChI is InChI=1S/C69H114N2O6/c1-44(2)46-21-30-66(42-72)34-33-64(11)48(58(46)66)17-19-52-62(9)27-25-54(60(5,6)50(62)23-29-65(52,64)12)76-56(74)39-70(13,14)37-38-71(15,16)40-57(75)77-55-26-28-63(10)51(61(55,7)8)24-32-69-41-68(69)36-35-67(43-73)31-22-47(45(3)4)59(67)49(68)18-20-53(63)69/h46-55,58-59,72-73H,1,3,17-43H2,2,4-16H3/q+2/t46-,47-,48?,49?,50?,51?,52?,53?,54-,55-,58?,59?,62-,63-,64+,65+,66-,67-,68-,69-/m0/s1. The zero-order valence-electron chi connectivity index (χ0n) is 51.9. The Labute approximate surface area is 469 Å². The number of ether oxygens (including phenoxy) is 2. The van der Waals surface area contributed by atoms with E-state index >= 15 is 0 Å². The molecule has 2 spiro atoms. The summed E-state index contributed by atoms with van der Waals surface area (Å²) in [7, 11) is 8.60. The van der Waals surface area contributed by atoms with Gasteiger partial charge in [0.2, 0.25) is 0 Å². The van der Waals surface area contributed by atoms with Gasteiger partial charge in [-0.1, -0.05) is 79.7 Å². The van der Waals surface area contributed by atoms with E-state index in [9.17, 15) is 19.8 Å². The topological polar surface area (TPSA) is 93.1 Å². The third-order valence-electron chi connectivity index (χ3n) is 29.8. The number of likely N-dealkylation sites (N-methyl/N-ethyl adjacent to an activating group) is 2. The summed E-state index contributed by atoms with van der Waals surface area (Å²) in [5.41, 5.74) is 4.54. The van der Waals surface area contributed by atoms with E-state index in [-0.39, 0.29) is 67.5 Å². The van der Waals surface area contributed by atoms with Crippen LogP contribution in [0.5, 0.6) is 0 Å². The molecule has 0 amide bonds. The third-order valence-corrected chi connectivity index (χ3v) is 29.8. The number of aliphatic hydroxyl groups is 2. The maximum absolute atomic E-state index is 14.2. The van der Waals surface area contributed by atoms with Crippen LogP contribution in [-0.2, 0) is 19.1 Å². The molecule has 8 heteroatoms. The van der Waals surface area contributed by atoms with Crippen LogP contribution in [0, 0.1) is 113 Å². The third kappa shape index (κ3) is 8.07. The van der Waals surface area contributed by atoms with Crippen molar-refractivity contribution >= 4 is 11.9 Å². The Morgan fingerprint density at radius 2 is 0.935 bits per heavy atom. The zero-order chi connectivity index (χ0) is 55.7.